The highest BCUT2D eigenvalue weighted by molar-refractivity contribution is 5.98. The molecular weight excluding hydrogens is 204 g/mol. The van der Waals surface area contributed by atoms with Gasteiger partial charge in [-0.1, -0.05) is 0 Å². The maximum Gasteiger partial charge on any atom is 0.255 e. The molecule has 0 spiro atoms. The molecule has 15 heavy (non-hydrogen) atoms. The molecule has 1 heterocycles. The smallest absolute Gasteiger partial charge is 0.255 e. The van der Waals surface area contributed by atoms with Crippen LogP contribution >= 0.6 is 0 Å². The van der Waals surface area contributed by atoms with Gasteiger partial charge in [0.25, 0.3) is 12.3 Å². The molecule has 0 unspecified atom stereocenters. The van der Waals surface area contributed by atoms with Crippen LogP contribution in [0, 0.1) is 0 Å². The summed E-state index contributed by atoms with van der Waals surface area (Å²) in [6.45, 7) is -0.611. The lowest BCUT2D eigenvalue weighted by molar-refractivity contribution is 0.0621. The van der Waals surface area contributed by atoms with Crippen LogP contribution in [0.3, 0.4) is 0 Å². The highest BCUT2D eigenvalue weighted by atomic mass is 19.3. The molecule has 1 rings (SSSR count). The zero-order valence-corrected chi connectivity index (χ0v) is 8.15. The Morgan fingerprint density at radius 3 is 2.87 bits per heavy atom. The third-order valence-electron chi connectivity index (χ3n) is 1.84. The van der Waals surface area contributed by atoms with Gasteiger partial charge in [-0.2, -0.15) is 0 Å². The number of amides is 1. The van der Waals surface area contributed by atoms with Crippen molar-refractivity contribution >= 4 is 11.6 Å². The van der Waals surface area contributed by atoms with E-state index in [1.54, 1.807) is 0 Å². The van der Waals surface area contributed by atoms with Gasteiger partial charge < -0.3 is 10.6 Å². The first-order chi connectivity index (χ1) is 7.02. The van der Waals surface area contributed by atoms with E-state index in [9.17, 15) is 13.6 Å². The molecule has 6 heteroatoms. The summed E-state index contributed by atoms with van der Waals surface area (Å²) in [5, 5.41) is 0. The third-order valence-corrected chi connectivity index (χ3v) is 1.84. The Balaban J connectivity index is 2.81. The van der Waals surface area contributed by atoms with Crippen LogP contribution in [0.5, 0.6) is 0 Å². The summed E-state index contributed by atoms with van der Waals surface area (Å²) in [6, 6.07) is 1.40. The van der Waals surface area contributed by atoms with Crippen LogP contribution in [0.2, 0.25) is 0 Å². The second-order valence-corrected chi connectivity index (χ2v) is 3.04. The zero-order chi connectivity index (χ0) is 11.4. The average Bonchev–Trinajstić information content (AvgIpc) is 2.16. The first-order valence-electron chi connectivity index (χ1n) is 4.25. The fourth-order valence-corrected chi connectivity index (χ4v) is 1.10. The number of anilines is 1. The Morgan fingerprint density at radius 2 is 2.33 bits per heavy atom. The predicted octanol–water partition coefficient (Wildman–Crippen LogP) is 1.00. The van der Waals surface area contributed by atoms with Gasteiger partial charge in [-0.25, -0.2) is 8.78 Å². The molecule has 0 bridgehead atoms. The van der Waals surface area contributed by atoms with Crippen molar-refractivity contribution in [2.45, 2.75) is 6.43 Å². The van der Waals surface area contributed by atoms with Crippen molar-refractivity contribution in [2.24, 2.45) is 0 Å². The fourth-order valence-electron chi connectivity index (χ4n) is 1.10. The number of alkyl halides is 2. The second kappa shape index (κ2) is 4.68. The molecule has 4 nitrogen and oxygen atoms in total. The van der Waals surface area contributed by atoms with Gasteiger partial charge in [0, 0.05) is 13.2 Å². The van der Waals surface area contributed by atoms with E-state index in [0.717, 1.165) is 4.90 Å². The molecule has 1 aromatic heterocycles. The van der Waals surface area contributed by atoms with Crippen LogP contribution in [0.1, 0.15) is 10.4 Å². The molecule has 1 amide bonds. The molecule has 0 atom stereocenters. The van der Waals surface area contributed by atoms with Crippen molar-refractivity contribution in [1.29, 1.82) is 0 Å². The van der Waals surface area contributed by atoms with Crippen LogP contribution in [0.4, 0.5) is 14.5 Å². The van der Waals surface area contributed by atoms with Crippen molar-refractivity contribution in [2.75, 3.05) is 19.3 Å². The highest BCUT2D eigenvalue weighted by Crippen LogP contribution is 2.11. The van der Waals surface area contributed by atoms with E-state index in [1.165, 1.54) is 25.5 Å². The normalized spacial score (nSPS) is 10.4. The summed E-state index contributed by atoms with van der Waals surface area (Å²) in [5.41, 5.74) is 5.86. The summed E-state index contributed by atoms with van der Waals surface area (Å²) in [6.07, 6.45) is 0.144. The Bertz CT molecular complexity index is 357. The average molecular weight is 215 g/mol. The number of rotatable bonds is 3. The van der Waals surface area contributed by atoms with Crippen molar-refractivity contribution < 1.29 is 13.6 Å². The van der Waals surface area contributed by atoms with Gasteiger partial charge in [0.2, 0.25) is 0 Å². The lowest BCUT2D eigenvalue weighted by Crippen LogP contribution is -2.31. The maximum atomic E-state index is 12.0. The monoisotopic (exact) mass is 215 g/mol. The van der Waals surface area contributed by atoms with Crippen LogP contribution < -0.4 is 5.73 Å². The number of halogens is 2. The lowest BCUT2D eigenvalue weighted by Gasteiger charge is -2.17. The summed E-state index contributed by atoms with van der Waals surface area (Å²) in [5.74, 6) is -0.532. The largest absolute Gasteiger partial charge is 0.397 e. The topological polar surface area (TPSA) is 59.2 Å². The maximum absolute atomic E-state index is 12.0. The Morgan fingerprint density at radius 1 is 1.67 bits per heavy atom. The second-order valence-electron chi connectivity index (χ2n) is 3.04. The molecule has 1 aromatic rings. The van der Waals surface area contributed by atoms with E-state index in [1.807, 2.05) is 0 Å². The standard InChI is InChI=1S/C9H11F2N3O/c1-14(5-8(10)11)9(15)6-2-3-13-4-7(6)12/h2-4,8H,5,12H2,1H3. The fraction of sp³-hybridized carbons (Fsp3) is 0.333. The molecule has 0 aliphatic carbocycles. The SMILES string of the molecule is CN(CC(F)F)C(=O)c1ccncc1N. The number of aromatic nitrogens is 1. The van der Waals surface area contributed by atoms with Gasteiger partial charge in [-0.3, -0.25) is 9.78 Å². The highest BCUT2D eigenvalue weighted by Gasteiger charge is 2.17. The number of carbonyl (C=O) groups is 1. The van der Waals surface area contributed by atoms with Gasteiger partial charge in [0.1, 0.15) is 0 Å². The molecule has 0 saturated heterocycles. The number of carbonyl (C=O) groups excluding carboxylic acids is 1. The lowest BCUT2D eigenvalue weighted by atomic mass is 10.2. The molecule has 0 radical (unpaired) electrons. The van der Waals surface area contributed by atoms with E-state index in [2.05, 4.69) is 4.98 Å². The van der Waals surface area contributed by atoms with E-state index < -0.39 is 18.9 Å². The molecule has 0 saturated carbocycles. The van der Waals surface area contributed by atoms with Gasteiger partial charge in [0.15, 0.2) is 0 Å². The van der Waals surface area contributed by atoms with Gasteiger partial charge in [0.05, 0.1) is 24.0 Å². The number of hydrogen-bond donors (Lipinski definition) is 1. The van der Waals surface area contributed by atoms with Crippen molar-refractivity contribution in [1.82, 2.24) is 9.88 Å². The summed E-state index contributed by atoms with van der Waals surface area (Å²) >= 11 is 0. The van der Waals surface area contributed by atoms with E-state index in [4.69, 9.17) is 5.73 Å². The molecule has 0 aliphatic heterocycles. The molecular formula is C9H11F2N3O. The first kappa shape index (κ1) is 11.4. The predicted molar refractivity (Wildman–Crippen MR) is 51.6 cm³/mol. The minimum absolute atomic E-state index is 0.184. The van der Waals surface area contributed by atoms with Gasteiger partial charge >= 0.3 is 0 Å². The number of hydrogen-bond acceptors (Lipinski definition) is 3. The Hall–Kier alpha value is -1.72. The Kier molecular flexibility index (Phi) is 3.54. The number of pyridine rings is 1. The summed E-state index contributed by atoms with van der Waals surface area (Å²) in [4.78, 5) is 16.2. The summed E-state index contributed by atoms with van der Waals surface area (Å²) < 4.78 is 24.0. The number of nitrogens with two attached hydrogens (primary N) is 1. The molecule has 82 valence electrons. The summed E-state index contributed by atoms with van der Waals surface area (Å²) in [7, 11) is 1.30. The number of nitrogen functional groups attached to an aromatic ring is 1. The molecule has 0 aromatic carbocycles. The van der Waals surface area contributed by atoms with Crippen LogP contribution in [0.15, 0.2) is 18.5 Å². The van der Waals surface area contributed by atoms with E-state index in [-0.39, 0.29) is 11.3 Å². The van der Waals surface area contributed by atoms with E-state index >= 15 is 0 Å². The minimum atomic E-state index is -2.55. The molecule has 2 N–H and O–H groups in total. The quantitative estimate of drug-likeness (QED) is 0.818. The van der Waals surface area contributed by atoms with Crippen LogP contribution in [0.25, 0.3) is 0 Å². The number of nitrogens with zero attached hydrogens (tertiary/aromatic N) is 2. The van der Waals surface area contributed by atoms with Gasteiger partial charge in [-0.15, -0.1) is 0 Å². The first-order valence-corrected chi connectivity index (χ1v) is 4.25. The third kappa shape index (κ3) is 2.87. The van der Waals surface area contributed by atoms with Crippen LogP contribution in [-0.4, -0.2) is 35.8 Å². The Labute approximate surface area is 85.7 Å². The molecule has 0 fully saturated rings. The van der Waals surface area contributed by atoms with E-state index in [0.29, 0.717) is 0 Å². The van der Waals surface area contributed by atoms with Crippen LogP contribution in [-0.2, 0) is 0 Å². The molecule has 0 aliphatic rings. The van der Waals surface area contributed by atoms with Crippen molar-refractivity contribution in [3.05, 3.63) is 24.0 Å². The van der Waals surface area contributed by atoms with Crippen molar-refractivity contribution in [3.63, 3.8) is 0 Å². The zero-order valence-electron chi connectivity index (χ0n) is 8.15. The van der Waals surface area contributed by atoms with Crippen molar-refractivity contribution in [3.8, 4) is 0 Å². The minimum Gasteiger partial charge on any atom is -0.397 e. The van der Waals surface area contributed by atoms with Gasteiger partial charge in [-0.05, 0) is 6.07 Å².